The molecule has 25 heavy (non-hydrogen) atoms. The van der Waals surface area contributed by atoms with Gasteiger partial charge in [-0.05, 0) is 48.2 Å². The molecule has 0 aliphatic heterocycles. The maximum Gasteiger partial charge on any atom is 0.409 e. The van der Waals surface area contributed by atoms with Crippen molar-refractivity contribution in [2.24, 2.45) is 11.5 Å². The molecule has 132 valence electrons. The second-order valence-corrected chi connectivity index (χ2v) is 5.68. The summed E-state index contributed by atoms with van der Waals surface area (Å²) < 4.78 is 9.77. The number of amides is 2. The fraction of sp³-hybridized carbons (Fsp3) is 0.263. The molecule has 0 aromatic heterocycles. The number of carbonyl (C=O) groups excluding carboxylic acids is 2. The Morgan fingerprint density at radius 3 is 1.32 bits per heavy atom. The van der Waals surface area contributed by atoms with E-state index in [4.69, 9.17) is 20.9 Å². The minimum absolute atomic E-state index is 0.212. The van der Waals surface area contributed by atoms with Gasteiger partial charge in [0.2, 0.25) is 0 Å². The van der Waals surface area contributed by atoms with Crippen LogP contribution < -0.4 is 20.9 Å². The number of benzene rings is 2. The highest BCUT2D eigenvalue weighted by molar-refractivity contribution is 5.68. The molecule has 2 amide bonds. The topological polar surface area (TPSA) is 105 Å². The fourth-order valence-corrected chi connectivity index (χ4v) is 3.15. The number of hydrogen-bond acceptors (Lipinski definition) is 4. The van der Waals surface area contributed by atoms with E-state index < -0.39 is 12.2 Å². The predicted molar refractivity (Wildman–Crippen MR) is 94.7 cm³/mol. The van der Waals surface area contributed by atoms with Crippen molar-refractivity contribution in [2.75, 3.05) is 0 Å². The first kappa shape index (κ1) is 18.3. The number of ether oxygens (including phenoxy) is 2. The van der Waals surface area contributed by atoms with Crippen molar-refractivity contribution in [1.29, 1.82) is 0 Å². The summed E-state index contributed by atoms with van der Waals surface area (Å²) in [5, 5.41) is 0. The summed E-state index contributed by atoms with van der Waals surface area (Å²) in [5.74, 6) is 0.810. The maximum atomic E-state index is 10.8. The highest BCUT2D eigenvalue weighted by atomic mass is 16.6. The molecule has 2 aromatic rings. The lowest BCUT2D eigenvalue weighted by molar-refractivity contribution is 0.210. The normalized spacial score (nSPS) is 11.0. The Kier molecular flexibility index (Phi) is 5.64. The van der Waals surface area contributed by atoms with Crippen LogP contribution in [0.3, 0.4) is 0 Å². The molecule has 2 aromatic carbocycles. The monoisotopic (exact) mass is 342 g/mol. The Balaban J connectivity index is 2.37. The molecule has 6 heteroatoms. The molecule has 4 N–H and O–H groups in total. The van der Waals surface area contributed by atoms with E-state index in [1.807, 2.05) is 24.3 Å². The summed E-state index contributed by atoms with van der Waals surface area (Å²) in [6.07, 6.45) is 0.0653. The third-order valence-corrected chi connectivity index (χ3v) is 4.46. The number of hydrogen-bond donors (Lipinski definition) is 2. The van der Waals surface area contributed by atoms with Crippen LogP contribution >= 0.6 is 0 Å². The van der Waals surface area contributed by atoms with Crippen LogP contribution in [0.2, 0.25) is 0 Å². The molecule has 0 radical (unpaired) electrons. The van der Waals surface area contributed by atoms with Gasteiger partial charge in [-0.2, -0.15) is 0 Å². The third kappa shape index (κ3) is 4.09. The summed E-state index contributed by atoms with van der Waals surface area (Å²) in [6, 6.07) is 14.6. The van der Waals surface area contributed by atoms with Crippen LogP contribution in [-0.4, -0.2) is 12.2 Å². The van der Waals surface area contributed by atoms with E-state index in [1.165, 1.54) is 0 Å². The lowest BCUT2D eigenvalue weighted by Crippen LogP contribution is -2.26. The van der Waals surface area contributed by atoms with Gasteiger partial charge in [0, 0.05) is 5.41 Å². The van der Waals surface area contributed by atoms with Gasteiger partial charge < -0.3 is 20.9 Å². The summed E-state index contributed by atoms with van der Waals surface area (Å²) in [4.78, 5) is 21.7. The quantitative estimate of drug-likeness (QED) is 0.835. The van der Waals surface area contributed by atoms with Gasteiger partial charge in [-0.15, -0.1) is 0 Å². The van der Waals surface area contributed by atoms with E-state index in [2.05, 4.69) is 13.8 Å². The Hall–Kier alpha value is -3.02. The van der Waals surface area contributed by atoms with E-state index in [-0.39, 0.29) is 5.41 Å². The highest BCUT2D eigenvalue weighted by Gasteiger charge is 2.30. The van der Waals surface area contributed by atoms with Crippen molar-refractivity contribution in [2.45, 2.75) is 32.1 Å². The van der Waals surface area contributed by atoms with Gasteiger partial charge in [-0.25, -0.2) is 9.59 Å². The largest absolute Gasteiger partial charge is 0.411 e. The average molecular weight is 342 g/mol. The molecule has 0 saturated carbocycles. The number of rotatable bonds is 6. The maximum absolute atomic E-state index is 10.8. The van der Waals surface area contributed by atoms with Gasteiger partial charge >= 0.3 is 12.2 Å². The van der Waals surface area contributed by atoms with Crippen LogP contribution in [0.5, 0.6) is 11.5 Å². The zero-order chi connectivity index (χ0) is 18.4. The molecule has 0 heterocycles. The van der Waals surface area contributed by atoms with Crippen LogP contribution in [0, 0.1) is 0 Å². The minimum atomic E-state index is -0.838. The van der Waals surface area contributed by atoms with E-state index in [9.17, 15) is 9.59 Å². The highest BCUT2D eigenvalue weighted by Crippen LogP contribution is 2.39. The van der Waals surface area contributed by atoms with Crippen LogP contribution in [0.25, 0.3) is 0 Å². The van der Waals surface area contributed by atoms with E-state index >= 15 is 0 Å². The molecule has 0 aliphatic rings. The van der Waals surface area contributed by atoms with Crippen LogP contribution in [0.1, 0.15) is 37.8 Å². The molecule has 2 rings (SSSR count). The first-order chi connectivity index (χ1) is 11.9. The van der Waals surface area contributed by atoms with E-state index in [0.717, 1.165) is 24.0 Å². The van der Waals surface area contributed by atoms with Gasteiger partial charge in [0.25, 0.3) is 0 Å². The van der Waals surface area contributed by atoms with Crippen LogP contribution in [0.4, 0.5) is 9.59 Å². The SMILES string of the molecule is CCC(CC)(c1ccc(OC(N)=O)cc1)c1ccc(OC(N)=O)cc1. The van der Waals surface area contributed by atoms with Gasteiger partial charge in [0.15, 0.2) is 0 Å². The van der Waals surface area contributed by atoms with E-state index in [0.29, 0.717) is 11.5 Å². The smallest absolute Gasteiger partial charge is 0.409 e. The fourth-order valence-electron chi connectivity index (χ4n) is 3.15. The molecular formula is C19H22N2O4. The van der Waals surface area contributed by atoms with Crippen molar-refractivity contribution in [1.82, 2.24) is 0 Å². The molecule has 0 fully saturated rings. The van der Waals surface area contributed by atoms with Crippen molar-refractivity contribution >= 4 is 12.2 Å². The summed E-state index contributed by atoms with van der Waals surface area (Å²) >= 11 is 0. The minimum Gasteiger partial charge on any atom is -0.411 e. The first-order valence-electron chi connectivity index (χ1n) is 8.07. The van der Waals surface area contributed by atoms with Gasteiger partial charge in [0.1, 0.15) is 11.5 Å². The summed E-state index contributed by atoms with van der Waals surface area (Å²) in [5.41, 5.74) is 12.0. The molecule has 0 aliphatic carbocycles. The average Bonchev–Trinajstić information content (AvgIpc) is 2.58. The number of nitrogens with two attached hydrogens (primary N) is 2. The second kappa shape index (κ2) is 7.70. The van der Waals surface area contributed by atoms with Crippen LogP contribution in [0.15, 0.2) is 48.5 Å². The predicted octanol–water partition coefficient (Wildman–Crippen LogP) is 3.71. The lowest BCUT2D eigenvalue weighted by Gasteiger charge is -2.33. The molecule has 0 atom stereocenters. The third-order valence-electron chi connectivity index (χ3n) is 4.46. The Bertz CT molecular complexity index is 674. The van der Waals surface area contributed by atoms with Crippen molar-refractivity contribution in [3.63, 3.8) is 0 Å². The van der Waals surface area contributed by atoms with E-state index in [1.54, 1.807) is 24.3 Å². The molecule has 0 unspecified atom stereocenters. The molecule has 0 saturated heterocycles. The Morgan fingerprint density at radius 2 is 1.08 bits per heavy atom. The first-order valence-corrected chi connectivity index (χ1v) is 8.07. The number of primary amides is 2. The molecule has 0 spiro atoms. The zero-order valence-corrected chi connectivity index (χ0v) is 14.3. The Labute approximate surface area is 146 Å². The summed E-state index contributed by atoms with van der Waals surface area (Å²) in [6.45, 7) is 4.23. The zero-order valence-electron chi connectivity index (χ0n) is 14.3. The summed E-state index contributed by atoms with van der Waals surface area (Å²) in [7, 11) is 0. The van der Waals surface area contributed by atoms with Crippen molar-refractivity contribution in [3.05, 3.63) is 59.7 Å². The molecule has 0 bridgehead atoms. The molecular weight excluding hydrogens is 320 g/mol. The molecule has 6 nitrogen and oxygen atoms in total. The van der Waals surface area contributed by atoms with Gasteiger partial charge in [-0.1, -0.05) is 38.1 Å². The van der Waals surface area contributed by atoms with Crippen molar-refractivity contribution < 1.29 is 19.1 Å². The van der Waals surface area contributed by atoms with Gasteiger partial charge in [0.05, 0.1) is 0 Å². The lowest BCUT2D eigenvalue weighted by atomic mass is 9.70. The second-order valence-electron chi connectivity index (χ2n) is 5.68. The Morgan fingerprint density at radius 1 is 0.760 bits per heavy atom. The van der Waals surface area contributed by atoms with Crippen LogP contribution in [-0.2, 0) is 5.41 Å². The standard InChI is InChI=1S/C19H22N2O4/c1-3-19(4-2,13-5-9-15(10-6-13)24-17(20)22)14-7-11-16(12-8-14)25-18(21)23/h5-12H,3-4H2,1-2H3,(H2,20,22)(H2,21,23). The number of carbonyl (C=O) groups is 2. The van der Waals surface area contributed by atoms with Crippen molar-refractivity contribution in [3.8, 4) is 11.5 Å². The van der Waals surface area contributed by atoms with Gasteiger partial charge in [-0.3, -0.25) is 0 Å².